The molecule has 0 unspecified atom stereocenters. The van der Waals surface area contributed by atoms with Crippen LogP contribution in [-0.2, 0) is 6.54 Å². The van der Waals surface area contributed by atoms with E-state index in [4.69, 9.17) is 0 Å². The molecule has 4 rings (SSSR count). The van der Waals surface area contributed by atoms with E-state index in [0.29, 0.717) is 11.9 Å². The lowest BCUT2D eigenvalue weighted by molar-refractivity contribution is 0.517. The number of nitrogens with zero attached hydrogens (tertiary/aromatic N) is 4. The number of hydrogen-bond donors (Lipinski definition) is 0. The Morgan fingerprint density at radius 3 is 2.48 bits per heavy atom. The first-order valence-corrected chi connectivity index (χ1v) is 8.46. The molecule has 4 nitrogen and oxygen atoms in total. The van der Waals surface area contributed by atoms with Crippen LogP contribution in [-0.4, -0.2) is 15.2 Å². The van der Waals surface area contributed by atoms with Crippen LogP contribution in [0.3, 0.4) is 0 Å². The first-order valence-electron chi connectivity index (χ1n) is 8.46. The second-order valence-corrected chi connectivity index (χ2v) is 6.23. The van der Waals surface area contributed by atoms with E-state index in [-0.39, 0.29) is 5.39 Å². The van der Waals surface area contributed by atoms with Crippen molar-refractivity contribution < 1.29 is 8.78 Å². The normalized spacial score (nSPS) is 10.9. The van der Waals surface area contributed by atoms with Crippen LogP contribution in [0.1, 0.15) is 11.3 Å². The zero-order valence-electron chi connectivity index (χ0n) is 14.6. The van der Waals surface area contributed by atoms with Crippen LogP contribution < -0.4 is 4.90 Å². The number of benzene rings is 2. The summed E-state index contributed by atoms with van der Waals surface area (Å²) in [4.78, 5) is 6.15. The summed E-state index contributed by atoms with van der Waals surface area (Å²) in [5.41, 5.74) is 3.38. The number of aromatic nitrogens is 3. The van der Waals surface area contributed by atoms with Crippen LogP contribution in [0.2, 0.25) is 0 Å². The summed E-state index contributed by atoms with van der Waals surface area (Å²) in [6.45, 7) is 2.29. The van der Waals surface area contributed by atoms with Crippen molar-refractivity contribution in [1.82, 2.24) is 15.2 Å². The predicted molar refractivity (Wildman–Crippen MR) is 101 cm³/mol. The molecule has 0 spiro atoms. The van der Waals surface area contributed by atoms with Crippen molar-refractivity contribution in [3.8, 4) is 0 Å². The maximum Gasteiger partial charge on any atom is 0.168 e. The third-order valence-electron chi connectivity index (χ3n) is 4.38. The lowest BCUT2D eigenvalue weighted by atomic mass is 10.1. The van der Waals surface area contributed by atoms with Gasteiger partial charge in [0.1, 0.15) is 0 Å². The highest BCUT2D eigenvalue weighted by Crippen LogP contribution is 2.30. The van der Waals surface area contributed by atoms with Crippen molar-refractivity contribution in [3.05, 3.63) is 90.0 Å². The van der Waals surface area contributed by atoms with Gasteiger partial charge in [-0.05, 0) is 42.1 Å². The zero-order valence-corrected chi connectivity index (χ0v) is 14.6. The van der Waals surface area contributed by atoms with Gasteiger partial charge in [0.15, 0.2) is 11.6 Å². The predicted octanol–water partition coefficient (Wildman–Crippen LogP) is 4.95. The smallest absolute Gasteiger partial charge is 0.168 e. The number of para-hydroxylation sites is 1. The number of pyridine rings is 1. The Labute approximate surface area is 155 Å². The minimum Gasteiger partial charge on any atom is -0.336 e. The molecule has 0 aliphatic rings. The molecule has 27 heavy (non-hydrogen) atoms. The van der Waals surface area contributed by atoms with Gasteiger partial charge >= 0.3 is 0 Å². The van der Waals surface area contributed by atoms with E-state index < -0.39 is 11.6 Å². The van der Waals surface area contributed by atoms with Crippen LogP contribution in [0.15, 0.2) is 67.1 Å². The Hall–Kier alpha value is -3.41. The molecular formula is C21H16F2N4. The molecular weight excluding hydrogens is 346 g/mol. The van der Waals surface area contributed by atoms with E-state index in [2.05, 4.69) is 15.2 Å². The Morgan fingerprint density at radius 1 is 0.889 bits per heavy atom. The van der Waals surface area contributed by atoms with Gasteiger partial charge in [0.25, 0.3) is 0 Å². The highest BCUT2D eigenvalue weighted by atomic mass is 19.2. The average Bonchev–Trinajstić information content (AvgIpc) is 2.70. The number of rotatable bonds is 4. The fourth-order valence-electron chi connectivity index (χ4n) is 3.09. The molecule has 2 aromatic heterocycles. The topological polar surface area (TPSA) is 41.9 Å². The molecule has 0 fully saturated rings. The van der Waals surface area contributed by atoms with Crippen molar-refractivity contribution in [3.63, 3.8) is 0 Å². The highest BCUT2D eigenvalue weighted by Gasteiger charge is 2.15. The third-order valence-corrected chi connectivity index (χ3v) is 4.38. The second kappa shape index (κ2) is 7.07. The van der Waals surface area contributed by atoms with Gasteiger partial charge in [0, 0.05) is 23.5 Å². The number of hydrogen-bond acceptors (Lipinski definition) is 4. The molecule has 134 valence electrons. The summed E-state index contributed by atoms with van der Waals surface area (Å²) in [7, 11) is 0. The molecule has 0 atom stereocenters. The molecule has 0 saturated carbocycles. The van der Waals surface area contributed by atoms with Crippen LogP contribution >= 0.6 is 0 Å². The quantitative estimate of drug-likeness (QED) is 0.515. The van der Waals surface area contributed by atoms with Gasteiger partial charge in [0.2, 0.25) is 0 Å². The fraction of sp³-hybridized carbons (Fsp3) is 0.0952. The lowest BCUT2D eigenvalue weighted by Crippen LogP contribution is -2.17. The van der Waals surface area contributed by atoms with Gasteiger partial charge in [-0.3, -0.25) is 4.98 Å². The van der Waals surface area contributed by atoms with Gasteiger partial charge in [-0.1, -0.05) is 24.3 Å². The maximum absolute atomic E-state index is 14.2. The summed E-state index contributed by atoms with van der Waals surface area (Å²) in [6.07, 6.45) is 4.71. The molecule has 0 saturated heterocycles. The van der Waals surface area contributed by atoms with Crippen molar-refractivity contribution in [1.29, 1.82) is 0 Å². The molecule has 6 heteroatoms. The molecule has 0 N–H and O–H groups in total. The number of anilines is 2. The Bertz CT molecular complexity index is 1100. The average molecular weight is 362 g/mol. The van der Waals surface area contributed by atoms with Gasteiger partial charge in [-0.2, -0.15) is 10.2 Å². The molecule has 2 aromatic carbocycles. The molecule has 0 aliphatic carbocycles. The number of halogens is 2. The third kappa shape index (κ3) is 3.33. The van der Waals surface area contributed by atoms with E-state index in [9.17, 15) is 8.78 Å². The van der Waals surface area contributed by atoms with Crippen LogP contribution in [0.4, 0.5) is 20.2 Å². The molecule has 0 amide bonds. The number of fused-ring (bicyclic) bond motifs is 1. The minimum atomic E-state index is -0.880. The van der Waals surface area contributed by atoms with Gasteiger partial charge in [-0.15, -0.1) is 0 Å². The minimum absolute atomic E-state index is 0.171. The highest BCUT2D eigenvalue weighted by molar-refractivity contribution is 5.86. The van der Waals surface area contributed by atoms with E-state index in [0.717, 1.165) is 28.7 Å². The molecule has 0 aliphatic heterocycles. The molecule has 0 radical (unpaired) electrons. The second-order valence-electron chi connectivity index (χ2n) is 6.23. The van der Waals surface area contributed by atoms with E-state index in [1.807, 2.05) is 48.2 Å². The summed E-state index contributed by atoms with van der Waals surface area (Å²) < 4.78 is 27.8. The van der Waals surface area contributed by atoms with Gasteiger partial charge in [-0.25, -0.2) is 8.78 Å². The Balaban J connectivity index is 1.83. The molecule has 0 bridgehead atoms. The fourth-order valence-corrected chi connectivity index (χ4v) is 3.09. The van der Waals surface area contributed by atoms with Gasteiger partial charge in [0.05, 0.1) is 24.1 Å². The first-order chi connectivity index (χ1) is 13.1. The van der Waals surface area contributed by atoms with E-state index in [1.165, 1.54) is 6.20 Å². The zero-order chi connectivity index (χ0) is 18.8. The summed E-state index contributed by atoms with van der Waals surface area (Å²) in [5, 5.41) is 8.86. The summed E-state index contributed by atoms with van der Waals surface area (Å²) >= 11 is 0. The van der Waals surface area contributed by atoms with Crippen LogP contribution in [0.25, 0.3) is 10.8 Å². The standard InChI is InChI=1S/C21H16F2N4/c1-14-9-17(11-25-26-14)27(16-5-3-2-4-6-16)13-15-10-24-12-19-18(15)7-8-20(22)21(19)23/h2-12H,13H2,1H3. The van der Waals surface area contributed by atoms with Crippen molar-refractivity contribution >= 4 is 22.1 Å². The first kappa shape index (κ1) is 17.0. The van der Waals surface area contributed by atoms with E-state index in [1.54, 1.807) is 18.5 Å². The maximum atomic E-state index is 14.2. The Morgan fingerprint density at radius 2 is 1.70 bits per heavy atom. The van der Waals surface area contributed by atoms with Crippen LogP contribution in [0.5, 0.6) is 0 Å². The lowest BCUT2D eigenvalue weighted by Gasteiger charge is -2.25. The number of aryl methyl sites for hydroxylation is 1. The monoisotopic (exact) mass is 362 g/mol. The molecule has 4 aromatic rings. The van der Waals surface area contributed by atoms with Crippen molar-refractivity contribution in [2.75, 3.05) is 4.90 Å². The molecule has 2 heterocycles. The summed E-state index contributed by atoms with van der Waals surface area (Å²) in [6, 6.07) is 14.5. The SMILES string of the molecule is Cc1cc(N(Cc2cncc3c(F)c(F)ccc23)c2ccccc2)cnn1. The van der Waals surface area contributed by atoms with E-state index >= 15 is 0 Å². The van der Waals surface area contributed by atoms with Crippen molar-refractivity contribution in [2.24, 2.45) is 0 Å². The largest absolute Gasteiger partial charge is 0.336 e. The van der Waals surface area contributed by atoms with Crippen LogP contribution in [0, 0.1) is 18.6 Å². The Kier molecular flexibility index (Phi) is 4.46. The van der Waals surface area contributed by atoms with Gasteiger partial charge < -0.3 is 4.90 Å². The summed E-state index contributed by atoms with van der Waals surface area (Å²) in [5.74, 6) is -1.76. The van der Waals surface area contributed by atoms with Crippen molar-refractivity contribution in [2.45, 2.75) is 13.5 Å².